The Morgan fingerprint density at radius 1 is 1.17 bits per heavy atom. The van der Waals surface area contributed by atoms with E-state index in [9.17, 15) is 18.0 Å². The Kier molecular flexibility index (Phi) is 4.98. The van der Waals surface area contributed by atoms with Gasteiger partial charge in [0, 0.05) is 11.3 Å². The van der Waals surface area contributed by atoms with Gasteiger partial charge in [0.25, 0.3) is 0 Å². The summed E-state index contributed by atoms with van der Waals surface area (Å²) in [5.74, 6) is -5.16. The van der Waals surface area contributed by atoms with E-state index in [4.69, 9.17) is 11.5 Å². The second kappa shape index (κ2) is 6.95. The largest absolute Gasteiger partial charge is 0.402 e. The van der Waals surface area contributed by atoms with Crippen LogP contribution < -0.4 is 11.5 Å². The van der Waals surface area contributed by atoms with Crippen LogP contribution in [0.25, 0.3) is 0 Å². The number of carbonyl (C=O) groups excluding carboxylic acids is 1. The number of amidine groups is 1. The lowest BCUT2D eigenvalue weighted by Crippen LogP contribution is -2.10. The first-order valence-electron chi connectivity index (χ1n) is 6.72. The molecule has 2 aromatic rings. The highest BCUT2D eigenvalue weighted by atomic mass is 19.2. The molecule has 4 N–H and O–H groups in total. The van der Waals surface area contributed by atoms with E-state index in [-0.39, 0.29) is 22.9 Å². The first-order valence-corrected chi connectivity index (χ1v) is 6.72. The first-order chi connectivity index (χ1) is 11.3. The minimum Gasteiger partial charge on any atom is -0.402 e. The molecule has 0 spiro atoms. The fourth-order valence-corrected chi connectivity index (χ4v) is 1.84. The van der Waals surface area contributed by atoms with Crippen molar-refractivity contribution in [2.24, 2.45) is 16.5 Å². The summed E-state index contributed by atoms with van der Waals surface area (Å²) in [6.45, 7) is 1.62. The normalized spacial score (nSPS) is 12.3. The predicted octanol–water partition coefficient (Wildman–Crippen LogP) is 2.58. The number of halogens is 3. The van der Waals surface area contributed by atoms with Crippen molar-refractivity contribution >= 4 is 17.4 Å². The number of benzene rings is 1. The molecule has 0 saturated carbocycles. The first kappa shape index (κ1) is 17.2. The van der Waals surface area contributed by atoms with Crippen molar-refractivity contribution in [1.82, 2.24) is 4.98 Å². The monoisotopic (exact) mass is 334 g/mol. The average Bonchev–Trinajstić information content (AvgIpc) is 2.50. The minimum atomic E-state index is -1.64. The van der Waals surface area contributed by atoms with Crippen molar-refractivity contribution in [2.45, 2.75) is 6.92 Å². The lowest BCUT2D eigenvalue weighted by Gasteiger charge is -2.04. The van der Waals surface area contributed by atoms with Crippen LogP contribution in [-0.4, -0.2) is 16.6 Å². The smallest absolute Gasteiger partial charge is 0.211 e. The summed E-state index contributed by atoms with van der Waals surface area (Å²) < 4.78 is 39.5. The van der Waals surface area contributed by atoms with Crippen LogP contribution in [0, 0.1) is 17.5 Å². The highest BCUT2D eigenvalue weighted by Crippen LogP contribution is 2.17. The second-order valence-electron chi connectivity index (χ2n) is 4.89. The lowest BCUT2D eigenvalue weighted by molar-refractivity contribution is 0.103. The van der Waals surface area contributed by atoms with Gasteiger partial charge in [0.05, 0.1) is 0 Å². The third kappa shape index (κ3) is 3.97. The van der Waals surface area contributed by atoms with Crippen molar-refractivity contribution in [3.63, 3.8) is 0 Å². The maximum atomic E-state index is 13.2. The third-order valence-corrected chi connectivity index (χ3v) is 2.83. The topological polar surface area (TPSA) is 94.4 Å². The molecule has 1 heterocycles. The van der Waals surface area contributed by atoms with E-state index in [1.807, 2.05) is 0 Å². The molecule has 0 aliphatic rings. The molecule has 0 atom stereocenters. The number of allylic oxidation sites excluding steroid dienone is 1. The predicted molar refractivity (Wildman–Crippen MR) is 83.2 cm³/mol. The Balaban J connectivity index is 2.38. The number of rotatable bonds is 4. The van der Waals surface area contributed by atoms with Gasteiger partial charge >= 0.3 is 0 Å². The summed E-state index contributed by atoms with van der Waals surface area (Å²) in [6, 6.07) is 5.50. The Morgan fingerprint density at radius 2 is 1.79 bits per heavy atom. The van der Waals surface area contributed by atoms with Crippen LogP contribution in [0.4, 0.5) is 19.0 Å². The summed E-state index contributed by atoms with van der Waals surface area (Å²) in [5, 5.41) is 0. The molecule has 24 heavy (non-hydrogen) atoms. The van der Waals surface area contributed by atoms with Crippen LogP contribution in [0.15, 0.2) is 47.1 Å². The van der Waals surface area contributed by atoms with Gasteiger partial charge in [-0.15, -0.1) is 0 Å². The number of aromatic nitrogens is 1. The maximum Gasteiger partial charge on any atom is 0.211 e. The van der Waals surface area contributed by atoms with Crippen molar-refractivity contribution in [1.29, 1.82) is 0 Å². The van der Waals surface area contributed by atoms with Gasteiger partial charge in [-0.1, -0.05) is 6.07 Å². The van der Waals surface area contributed by atoms with Crippen LogP contribution in [0.2, 0.25) is 0 Å². The van der Waals surface area contributed by atoms with E-state index < -0.39 is 23.2 Å². The van der Waals surface area contributed by atoms with Gasteiger partial charge in [-0.3, -0.25) is 4.79 Å². The molecule has 0 radical (unpaired) electrons. The SMILES string of the molecule is C/C(N)=C/C(N)=Nc1cccc(C(=O)c2cc(F)c(F)c(F)c2)n1. The van der Waals surface area contributed by atoms with Gasteiger partial charge in [0.1, 0.15) is 11.5 Å². The number of ketones is 1. The summed E-state index contributed by atoms with van der Waals surface area (Å²) in [7, 11) is 0. The van der Waals surface area contributed by atoms with Crippen LogP contribution in [0.1, 0.15) is 23.0 Å². The van der Waals surface area contributed by atoms with Crippen LogP contribution in [0.3, 0.4) is 0 Å². The van der Waals surface area contributed by atoms with E-state index >= 15 is 0 Å². The summed E-state index contributed by atoms with van der Waals surface area (Å²) in [5.41, 5.74) is 11.0. The van der Waals surface area contributed by atoms with Gasteiger partial charge in [0.2, 0.25) is 5.78 Å². The molecule has 124 valence electrons. The van der Waals surface area contributed by atoms with Crippen LogP contribution in [-0.2, 0) is 0 Å². The van der Waals surface area contributed by atoms with E-state index in [2.05, 4.69) is 9.98 Å². The molecule has 1 aromatic carbocycles. The molecule has 0 fully saturated rings. The molecule has 0 aliphatic heterocycles. The summed E-state index contributed by atoms with van der Waals surface area (Å²) in [4.78, 5) is 20.2. The van der Waals surface area contributed by atoms with Gasteiger partial charge in [-0.2, -0.15) is 0 Å². The Hall–Kier alpha value is -3.16. The Morgan fingerprint density at radius 3 is 2.38 bits per heavy atom. The number of aliphatic imine (C=N–C) groups is 1. The zero-order valence-electron chi connectivity index (χ0n) is 12.6. The number of nitrogens with zero attached hydrogens (tertiary/aromatic N) is 2. The fraction of sp³-hybridized carbons (Fsp3) is 0.0625. The molecule has 1 aromatic heterocycles. The zero-order valence-corrected chi connectivity index (χ0v) is 12.6. The zero-order chi connectivity index (χ0) is 17.9. The number of hydrogen-bond acceptors (Lipinski definition) is 4. The van der Waals surface area contributed by atoms with Crippen molar-refractivity contribution in [3.8, 4) is 0 Å². The quantitative estimate of drug-likeness (QED) is 0.389. The van der Waals surface area contributed by atoms with E-state index in [1.54, 1.807) is 6.92 Å². The molecule has 0 unspecified atom stereocenters. The molecule has 0 saturated heterocycles. The third-order valence-electron chi connectivity index (χ3n) is 2.83. The highest BCUT2D eigenvalue weighted by molar-refractivity contribution is 6.08. The molecular formula is C16H13F3N4O. The Labute approximate surface area is 135 Å². The summed E-state index contributed by atoms with van der Waals surface area (Å²) >= 11 is 0. The van der Waals surface area contributed by atoms with Gasteiger partial charge < -0.3 is 11.5 Å². The van der Waals surface area contributed by atoms with Crippen molar-refractivity contribution in [3.05, 3.63) is 70.8 Å². The maximum absolute atomic E-state index is 13.2. The number of pyridine rings is 1. The molecule has 0 aliphatic carbocycles. The van der Waals surface area contributed by atoms with E-state index in [1.165, 1.54) is 24.3 Å². The summed E-state index contributed by atoms with van der Waals surface area (Å²) in [6.07, 6.45) is 1.40. The highest BCUT2D eigenvalue weighted by Gasteiger charge is 2.17. The second-order valence-corrected chi connectivity index (χ2v) is 4.89. The number of hydrogen-bond donors (Lipinski definition) is 2. The van der Waals surface area contributed by atoms with Crippen molar-refractivity contribution in [2.75, 3.05) is 0 Å². The molecule has 5 nitrogen and oxygen atoms in total. The standard InChI is InChI=1S/C16H13F3N4O/c1-8(20)5-13(21)23-14-4-2-3-12(22-14)16(24)9-6-10(17)15(19)11(18)7-9/h2-7H,20H2,1H3,(H2,21,22,23)/b8-5-. The van der Waals surface area contributed by atoms with Crippen LogP contribution >= 0.6 is 0 Å². The molecule has 8 heteroatoms. The molecular weight excluding hydrogens is 321 g/mol. The minimum absolute atomic E-state index is 0.0750. The number of carbonyl (C=O) groups is 1. The lowest BCUT2D eigenvalue weighted by atomic mass is 10.1. The van der Waals surface area contributed by atoms with E-state index in [0.717, 1.165) is 0 Å². The van der Waals surface area contributed by atoms with Gasteiger partial charge in [0.15, 0.2) is 23.3 Å². The molecule has 0 bridgehead atoms. The van der Waals surface area contributed by atoms with Gasteiger partial charge in [-0.05, 0) is 37.3 Å². The fourth-order valence-electron chi connectivity index (χ4n) is 1.84. The Bertz CT molecular complexity index is 835. The van der Waals surface area contributed by atoms with E-state index in [0.29, 0.717) is 17.8 Å². The van der Waals surface area contributed by atoms with Crippen molar-refractivity contribution < 1.29 is 18.0 Å². The molecule has 2 rings (SSSR count). The van der Waals surface area contributed by atoms with Crippen LogP contribution in [0.5, 0.6) is 0 Å². The average molecular weight is 334 g/mol. The van der Waals surface area contributed by atoms with Gasteiger partial charge in [-0.25, -0.2) is 23.1 Å². The number of nitrogens with two attached hydrogens (primary N) is 2. The molecule has 0 amide bonds.